The molecule has 0 aliphatic heterocycles. The van der Waals surface area contributed by atoms with Gasteiger partial charge in [0.1, 0.15) is 0 Å². The first-order valence-electron chi connectivity index (χ1n) is 5.98. The lowest BCUT2D eigenvalue weighted by Crippen LogP contribution is -2.32. The van der Waals surface area contributed by atoms with Crippen molar-refractivity contribution in [3.63, 3.8) is 0 Å². The van der Waals surface area contributed by atoms with Crippen LogP contribution in [0.25, 0.3) is 0 Å². The largest absolute Gasteiger partial charge is 0.355 e. The first kappa shape index (κ1) is 12.6. The predicted molar refractivity (Wildman–Crippen MR) is 71.6 cm³/mol. The van der Waals surface area contributed by atoms with Crippen molar-refractivity contribution in [1.29, 1.82) is 0 Å². The standard InChI is InChI=1S/C13H17BrN2O/c14-12-5-1-10(2-6-12)9-15-7-8-16-13(17)11-3-4-11/h1-2,5-6,11,15H,3-4,7-9H2,(H,16,17). The number of carbonyl (C=O) groups excluding carboxylic acids is 1. The van der Waals surface area contributed by atoms with Gasteiger partial charge in [-0.2, -0.15) is 0 Å². The van der Waals surface area contributed by atoms with Crippen molar-refractivity contribution in [2.24, 2.45) is 5.92 Å². The number of carbonyl (C=O) groups is 1. The summed E-state index contributed by atoms with van der Waals surface area (Å²) in [5, 5.41) is 6.24. The van der Waals surface area contributed by atoms with Crippen LogP contribution in [0.5, 0.6) is 0 Å². The lowest BCUT2D eigenvalue weighted by Gasteiger charge is -2.06. The van der Waals surface area contributed by atoms with E-state index in [1.54, 1.807) is 0 Å². The molecule has 0 spiro atoms. The molecule has 3 nitrogen and oxygen atoms in total. The first-order valence-corrected chi connectivity index (χ1v) is 6.78. The maximum atomic E-state index is 11.3. The second-order valence-electron chi connectivity index (χ2n) is 4.37. The van der Waals surface area contributed by atoms with Gasteiger partial charge < -0.3 is 10.6 Å². The Bertz CT molecular complexity index is 374. The molecule has 0 bridgehead atoms. The Hall–Kier alpha value is -0.870. The molecule has 0 saturated heterocycles. The topological polar surface area (TPSA) is 41.1 Å². The summed E-state index contributed by atoms with van der Waals surface area (Å²) in [4.78, 5) is 11.3. The molecule has 0 aromatic heterocycles. The summed E-state index contributed by atoms with van der Waals surface area (Å²) in [7, 11) is 0. The third-order valence-corrected chi connectivity index (χ3v) is 3.32. The summed E-state index contributed by atoms with van der Waals surface area (Å²) in [6, 6.07) is 8.23. The second kappa shape index (κ2) is 6.17. The molecule has 2 N–H and O–H groups in total. The first-order chi connectivity index (χ1) is 8.25. The molecule has 0 radical (unpaired) electrons. The Kier molecular flexibility index (Phi) is 4.57. The molecule has 1 aromatic rings. The van der Waals surface area contributed by atoms with Crippen LogP contribution in [0.2, 0.25) is 0 Å². The molecular weight excluding hydrogens is 280 g/mol. The fourth-order valence-electron chi connectivity index (χ4n) is 1.60. The summed E-state index contributed by atoms with van der Waals surface area (Å²) < 4.78 is 1.10. The molecule has 0 atom stereocenters. The van der Waals surface area contributed by atoms with Crippen molar-refractivity contribution in [2.45, 2.75) is 19.4 Å². The molecule has 4 heteroatoms. The number of rotatable bonds is 6. The maximum Gasteiger partial charge on any atom is 0.223 e. The lowest BCUT2D eigenvalue weighted by atomic mass is 10.2. The van der Waals surface area contributed by atoms with Gasteiger partial charge in [-0.1, -0.05) is 28.1 Å². The molecular formula is C13H17BrN2O. The third kappa shape index (κ3) is 4.48. The van der Waals surface area contributed by atoms with Gasteiger partial charge >= 0.3 is 0 Å². The van der Waals surface area contributed by atoms with Crippen LogP contribution in [0, 0.1) is 5.92 Å². The molecule has 0 unspecified atom stereocenters. The lowest BCUT2D eigenvalue weighted by molar-refractivity contribution is -0.122. The highest BCUT2D eigenvalue weighted by Gasteiger charge is 2.28. The zero-order chi connectivity index (χ0) is 12.1. The highest BCUT2D eigenvalue weighted by molar-refractivity contribution is 9.10. The number of nitrogens with one attached hydrogen (secondary N) is 2. The number of amides is 1. The molecule has 0 heterocycles. The van der Waals surface area contributed by atoms with Crippen LogP contribution in [0.4, 0.5) is 0 Å². The normalized spacial score (nSPS) is 14.6. The molecule has 1 aromatic carbocycles. The van der Waals surface area contributed by atoms with Crippen LogP contribution in [0.1, 0.15) is 18.4 Å². The van der Waals surface area contributed by atoms with Crippen LogP contribution in [0.15, 0.2) is 28.7 Å². The SMILES string of the molecule is O=C(NCCNCc1ccc(Br)cc1)C1CC1. The van der Waals surface area contributed by atoms with Crippen LogP contribution < -0.4 is 10.6 Å². The van der Waals surface area contributed by atoms with Gasteiger partial charge in [-0.05, 0) is 30.5 Å². The van der Waals surface area contributed by atoms with E-state index in [2.05, 4.69) is 38.7 Å². The third-order valence-electron chi connectivity index (χ3n) is 2.79. The maximum absolute atomic E-state index is 11.3. The Balaban J connectivity index is 1.56. The van der Waals surface area contributed by atoms with E-state index >= 15 is 0 Å². The summed E-state index contributed by atoms with van der Waals surface area (Å²) in [5.74, 6) is 0.525. The Morgan fingerprint density at radius 3 is 2.59 bits per heavy atom. The van der Waals surface area contributed by atoms with Crippen molar-refractivity contribution in [1.82, 2.24) is 10.6 Å². The minimum atomic E-state index is 0.218. The summed E-state index contributed by atoms with van der Waals surface area (Å²) in [6.07, 6.45) is 2.14. The molecule has 1 amide bonds. The van der Waals surface area contributed by atoms with Gasteiger partial charge in [0.25, 0.3) is 0 Å². The van der Waals surface area contributed by atoms with Crippen molar-refractivity contribution < 1.29 is 4.79 Å². The smallest absolute Gasteiger partial charge is 0.223 e. The van der Waals surface area contributed by atoms with E-state index in [0.717, 1.165) is 30.4 Å². The summed E-state index contributed by atoms with van der Waals surface area (Å²) in [5.41, 5.74) is 1.25. The van der Waals surface area contributed by atoms with E-state index in [-0.39, 0.29) is 5.91 Å². The van der Waals surface area contributed by atoms with Gasteiger partial charge in [0.05, 0.1) is 0 Å². The molecule has 1 saturated carbocycles. The molecule has 92 valence electrons. The summed E-state index contributed by atoms with van der Waals surface area (Å²) in [6.45, 7) is 2.37. The van der Waals surface area contributed by atoms with Gasteiger partial charge in [0.15, 0.2) is 0 Å². The van der Waals surface area contributed by atoms with Gasteiger partial charge in [-0.3, -0.25) is 4.79 Å². The number of hydrogen-bond donors (Lipinski definition) is 2. The van der Waals surface area contributed by atoms with Crippen LogP contribution in [-0.2, 0) is 11.3 Å². The molecule has 1 aliphatic carbocycles. The number of benzene rings is 1. The molecule has 1 aliphatic rings. The van der Waals surface area contributed by atoms with Crippen molar-refractivity contribution in [3.05, 3.63) is 34.3 Å². The molecule has 17 heavy (non-hydrogen) atoms. The Labute approximate surface area is 110 Å². The average molecular weight is 297 g/mol. The van der Waals surface area contributed by atoms with E-state index in [9.17, 15) is 4.79 Å². The zero-order valence-corrected chi connectivity index (χ0v) is 11.3. The number of hydrogen-bond acceptors (Lipinski definition) is 2. The highest BCUT2D eigenvalue weighted by atomic mass is 79.9. The van der Waals surface area contributed by atoms with Crippen molar-refractivity contribution in [2.75, 3.05) is 13.1 Å². The van der Waals surface area contributed by atoms with Gasteiger partial charge in [0, 0.05) is 30.0 Å². The zero-order valence-electron chi connectivity index (χ0n) is 9.71. The highest BCUT2D eigenvalue weighted by Crippen LogP contribution is 2.28. The van der Waals surface area contributed by atoms with E-state index in [1.165, 1.54) is 5.56 Å². The van der Waals surface area contributed by atoms with E-state index < -0.39 is 0 Å². The monoisotopic (exact) mass is 296 g/mol. The van der Waals surface area contributed by atoms with Crippen molar-refractivity contribution in [3.8, 4) is 0 Å². The van der Waals surface area contributed by atoms with E-state index in [4.69, 9.17) is 0 Å². The second-order valence-corrected chi connectivity index (χ2v) is 5.28. The quantitative estimate of drug-likeness (QED) is 0.789. The Morgan fingerprint density at radius 1 is 1.24 bits per heavy atom. The van der Waals surface area contributed by atoms with E-state index in [1.807, 2.05) is 12.1 Å². The van der Waals surface area contributed by atoms with Crippen LogP contribution in [-0.4, -0.2) is 19.0 Å². The minimum absolute atomic E-state index is 0.218. The summed E-state index contributed by atoms with van der Waals surface area (Å²) >= 11 is 3.41. The minimum Gasteiger partial charge on any atom is -0.355 e. The molecule has 2 rings (SSSR count). The number of halogens is 1. The average Bonchev–Trinajstić information content (AvgIpc) is 3.15. The Morgan fingerprint density at radius 2 is 1.94 bits per heavy atom. The van der Waals surface area contributed by atoms with Crippen LogP contribution >= 0.6 is 15.9 Å². The fraction of sp³-hybridized carbons (Fsp3) is 0.462. The predicted octanol–water partition coefficient (Wildman–Crippen LogP) is 2.06. The van der Waals surface area contributed by atoms with Crippen molar-refractivity contribution >= 4 is 21.8 Å². The van der Waals surface area contributed by atoms with Gasteiger partial charge in [-0.15, -0.1) is 0 Å². The fourth-order valence-corrected chi connectivity index (χ4v) is 1.86. The van der Waals surface area contributed by atoms with Crippen LogP contribution in [0.3, 0.4) is 0 Å². The van der Waals surface area contributed by atoms with E-state index in [0.29, 0.717) is 12.5 Å². The van der Waals surface area contributed by atoms with Gasteiger partial charge in [0.2, 0.25) is 5.91 Å². The van der Waals surface area contributed by atoms with Gasteiger partial charge in [-0.25, -0.2) is 0 Å². The molecule has 1 fully saturated rings.